The molecule has 0 aliphatic carbocycles. The molecule has 0 saturated heterocycles. The first-order chi connectivity index (χ1) is 32.7. The Hall–Kier alpha value is -8.18. The van der Waals surface area contributed by atoms with E-state index in [0.29, 0.717) is 0 Å². The van der Waals surface area contributed by atoms with Gasteiger partial charge in [-0.15, -0.1) is 11.3 Å². The van der Waals surface area contributed by atoms with Gasteiger partial charge in [0.05, 0.1) is 0 Å². The fraction of sp³-hybridized carbons (Fsp3) is 0.0323. The van der Waals surface area contributed by atoms with Crippen LogP contribution in [0.2, 0.25) is 0 Å². The van der Waals surface area contributed by atoms with Gasteiger partial charge in [0.2, 0.25) is 0 Å². The molecule has 312 valence electrons. The molecule has 0 amide bonds. The van der Waals surface area contributed by atoms with Gasteiger partial charge in [-0.3, -0.25) is 0 Å². The first-order valence-corrected chi connectivity index (χ1v) is 23.6. The summed E-state index contributed by atoms with van der Waals surface area (Å²) >= 11 is 1.86. The van der Waals surface area contributed by atoms with E-state index in [9.17, 15) is 0 Å². The van der Waals surface area contributed by atoms with Crippen molar-refractivity contribution in [3.05, 3.63) is 259 Å². The summed E-state index contributed by atoms with van der Waals surface area (Å²) < 4.78 is 2.59. The van der Waals surface area contributed by atoms with Gasteiger partial charge in [0.15, 0.2) is 0 Å². The van der Waals surface area contributed by atoms with Gasteiger partial charge in [-0.2, -0.15) is 0 Å². The fourth-order valence-electron chi connectivity index (χ4n) is 10.3. The maximum Gasteiger partial charge on any atom is 0.0497 e. The lowest BCUT2D eigenvalue weighted by atomic mass is 9.94. The molecule has 13 rings (SSSR count). The average molecular weight is 862 g/mol. The second-order valence-electron chi connectivity index (χ2n) is 17.3. The van der Waals surface area contributed by atoms with Crippen LogP contribution in [0.25, 0.3) is 42.4 Å². The second kappa shape index (κ2) is 15.8. The predicted octanol–water partition coefficient (Wildman–Crippen LogP) is 17.6. The number of hydrogen-bond acceptors (Lipinski definition) is 4. The van der Waals surface area contributed by atoms with Crippen molar-refractivity contribution in [2.24, 2.45) is 0 Å². The lowest BCUT2D eigenvalue weighted by Gasteiger charge is -2.33. The Morgan fingerprint density at radius 2 is 0.712 bits per heavy atom. The van der Waals surface area contributed by atoms with E-state index >= 15 is 0 Å². The third-order valence-electron chi connectivity index (χ3n) is 13.4. The molecular weight excluding hydrogens is 819 g/mol. The van der Waals surface area contributed by atoms with Crippen LogP contribution in [0, 0.1) is 0 Å². The number of para-hydroxylation sites is 4. The zero-order chi connectivity index (χ0) is 43.6. The first kappa shape index (κ1) is 38.3. The molecule has 3 nitrogen and oxygen atoms in total. The van der Waals surface area contributed by atoms with Crippen LogP contribution in [0.3, 0.4) is 0 Å². The summed E-state index contributed by atoms with van der Waals surface area (Å²) in [5, 5.41) is 2.60. The minimum atomic E-state index is 0.940. The van der Waals surface area contributed by atoms with Gasteiger partial charge in [0.25, 0.3) is 0 Å². The van der Waals surface area contributed by atoms with E-state index < -0.39 is 0 Å². The number of anilines is 9. The molecule has 2 aliphatic rings. The third kappa shape index (κ3) is 6.57. The summed E-state index contributed by atoms with van der Waals surface area (Å²) in [7, 11) is 0. The molecular formula is C62H43N3S. The van der Waals surface area contributed by atoms with Gasteiger partial charge in [0.1, 0.15) is 0 Å². The molecule has 11 aromatic rings. The van der Waals surface area contributed by atoms with Gasteiger partial charge in [-0.05, 0) is 136 Å². The molecule has 0 atom stereocenters. The molecule has 0 unspecified atom stereocenters. The molecule has 4 heteroatoms. The molecule has 0 radical (unpaired) electrons. The molecule has 10 aromatic carbocycles. The van der Waals surface area contributed by atoms with Crippen molar-refractivity contribution in [3.63, 3.8) is 0 Å². The Balaban J connectivity index is 0.866. The van der Waals surface area contributed by atoms with Crippen molar-refractivity contribution >= 4 is 82.7 Å². The minimum absolute atomic E-state index is 0.940. The number of nitrogens with zero attached hydrogens (tertiary/aromatic N) is 3. The highest BCUT2D eigenvalue weighted by Crippen LogP contribution is 2.47. The molecule has 3 heterocycles. The van der Waals surface area contributed by atoms with E-state index in [2.05, 4.69) is 251 Å². The Kier molecular flexibility index (Phi) is 9.17. The summed E-state index contributed by atoms with van der Waals surface area (Å²) in [5.74, 6) is 0. The second-order valence-corrected chi connectivity index (χ2v) is 18.4. The Morgan fingerprint density at radius 3 is 1.20 bits per heavy atom. The van der Waals surface area contributed by atoms with Crippen LogP contribution in [0.15, 0.2) is 237 Å². The molecule has 0 spiro atoms. The van der Waals surface area contributed by atoms with E-state index in [0.717, 1.165) is 41.3 Å². The zero-order valence-corrected chi connectivity index (χ0v) is 37.0. The van der Waals surface area contributed by atoms with Gasteiger partial charge in [0, 0.05) is 84.2 Å². The quantitative estimate of drug-likeness (QED) is 0.158. The Bertz CT molecular complexity index is 3350. The van der Waals surface area contributed by atoms with Crippen molar-refractivity contribution in [3.8, 4) is 22.3 Å². The summed E-state index contributed by atoms with van der Waals surface area (Å²) in [5.41, 5.74) is 20.7. The molecule has 2 aliphatic heterocycles. The molecule has 66 heavy (non-hydrogen) atoms. The maximum atomic E-state index is 2.42. The number of rotatable bonds is 7. The summed E-state index contributed by atoms with van der Waals surface area (Å²) in [6, 6.07) is 87.0. The Morgan fingerprint density at radius 1 is 0.303 bits per heavy atom. The lowest BCUT2D eigenvalue weighted by molar-refractivity contribution is 1.09. The largest absolute Gasteiger partial charge is 0.310 e. The molecule has 0 fully saturated rings. The molecule has 0 bridgehead atoms. The van der Waals surface area contributed by atoms with Crippen LogP contribution in [0.4, 0.5) is 51.2 Å². The molecule has 0 saturated carbocycles. The number of hydrogen-bond donors (Lipinski definition) is 0. The van der Waals surface area contributed by atoms with Gasteiger partial charge in [-0.25, -0.2) is 0 Å². The van der Waals surface area contributed by atoms with Gasteiger partial charge < -0.3 is 14.7 Å². The average Bonchev–Trinajstić information content (AvgIpc) is 3.76. The monoisotopic (exact) mass is 861 g/mol. The van der Waals surface area contributed by atoms with E-state index in [1.807, 2.05) is 11.3 Å². The predicted molar refractivity (Wildman–Crippen MR) is 280 cm³/mol. The van der Waals surface area contributed by atoms with Crippen molar-refractivity contribution in [1.82, 2.24) is 0 Å². The Labute approximate surface area is 389 Å². The number of benzene rings is 10. The van der Waals surface area contributed by atoms with E-state index in [-0.39, 0.29) is 0 Å². The van der Waals surface area contributed by atoms with Crippen LogP contribution < -0.4 is 14.7 Å². The lowest BCUT2D eigenvalue weighted by Crippen LogP contribution is -2.18. The van der Waals surface area contributed by atoms with Crippen molar-refractivity contribution in [2.45, 2.75) is 12.8 Å². The zero-order valence-electron chi connectivity index (χ0n) is 36.2. The summed E-state index contributed by atoms with van der Waals surface area (Å²) in [6.07, 6.45) is 1.88. The van der Waals surface area contributed by atoms with E-state index in [4.69, 9.17) is 0 Å². The standard InChI is InChI=1S/C62H43N3S/c1-6-22-57-46(13-1)37-47-14-2-7-23-58(47)64(57)52-19-11-17-44(39-52)42-27-31-50(32-28-42)63(54-35-36-56-55-21-5-10-26-61(55)66-62(56)41-54)51-33-29-43(30-34-51)45-18-12-20-53(40-45)65-59-24-8-3-15-48(59)38-49-16-4-9-25-60(49)65/h1-36,39-41H,37-38H2. The van der Waals surface area contributed by atoms with Crippen LogP contribution in [-0.4, -0.2) is 0 Å². The third-order valence-corrected chi connectivity index (χ3v) is 14.6. The highest BCUT2D eigenvalue weighted by atomic mass is 32.1. The van der Waals surface area contributed by atoms with Gasteiger partial charge >= 0.3 is 0 Å². The highest BCUT2D eigenvalue weighted by Gasteiger charge is 2.25. The SMILES string of the molecule is c1cc(-c2ccc(N(c3ccc(-c4cccc(N5c6ccccc6Cc6ccccc65)c4)cc3)c3ccc4c(c3)sc3ccccc34)cc2)cc(N2c3ccccc3Cc3ccccc32)c1. The van der Waals surface area contributed by atoms with Gasteiger partial charge in [-0.1, -0.05) is 146 Å². The van der Waals surface area contributed by atoms with E-state index in [1.54, 1.807) is 0 Å². The minimum Gasteiger partial charge on any atom is -0.310 e. The van der Waals surface area contributed by atoms with Crippen molar-refractivity contribution in [2.75, 3.05) is 14.7 Å². The fourth-order valence-corrected chi connectivity index (χ4v) is 11.4. The van der Waals surface area contributed by atoms with Crippen LogP contribution in [0.5, 0.6) is 0 Å². The van der Waals surface area contributed by atoms with Crippen LogP contribution >= 0.6 is 11.3 Å². The molecule has 0 N–H and O–H groups in total. The smallest absolute Gasteiger partial charge is 0.0497 e. The first-order valence-electron chi connectivity index (χ1n) is 22.7. The summed E-state index contributed by atoms with van der Waals surface area (Å²) in [4.78, 5) is 7.24. The number of fused-ring (bicyclic) bond motifs is 7. The normalized spacial score (nSPS) is 12.7. The van der Waals surface area contributed by atoms with E-state index in [1.165, 1.54) is 87.4 Å². The topological polar surface area (TPSA) is 9.72 Å². The maximum absolute atomic E-state index is 2.42. The van der Waals surface area contributed by atoms with Crippen LogP contribution in [-0.2, 0) is 12.8 Å². The van der Waals surface area contributed by atoms with Crippen LogP contribution in [0.1, 0.15) is 22.3 Å². The summed E-state index contributed by atoms with van der Waals surface area (Å²) in [6.45, 7) is 0. The highest BCUT2D eigenvalue weighted by molar-refractivity contribution is 7.25. The van der Waals surface area contributed by atoms with Crippen molar-refractivity contribution in [1.29, 1.82) is 0 Å². The van der Waals surface area contributed by atoms with Crippen molar-refractivity contribution < 1.29 is 0 Å². The number of thiophene rings is 1. The molecule has 1 aromatic heterocycles.